The van der Waals surface area contributed by atoms with E-state index in [9.17, 15) is 35.1 Å². The predicted octanol–water partition coefficient (Wildman–Crippen LogP) is 16.4. The quantitative estimate of drug-likeness (QED) is 0.0149. The standard InChI is InChI=1S/C72H119NO10/c1-4-7-10-13-16-19-22-24-26-28-29-30-31-32-33-34-35-36-38-39-41-44-47-50-53-56-59-65(76)71(80)73-63(64(75)58-55-52-49-46-43-21-18-15-12-9-6-3)62-81-72-70(69(79)68(78)66(61-74)82-72)83-67(77)60-57-54-51-48-45-42-40-37-27-25-23-20-17-14-11-8-5-2/h8,11,14,16-17,19-20,23-27,29-30,32-33,37,40,42,45,55,58,63-66,68-70,72,74-76,78-79H,4-7,9-10,12-13,15,18,21-22,28,31,34-36,38-39,41,43-44,46-54,56-57,59-62H2,1-3H3,(H,73,80)/b11-8-,17-14+,19-16-,23-20+,26-24-,27-25-,30-29-,33-32-,40-37+,45-42+,58-55+. The number of aliphatic hydroxyl groups excluding tert-OH is 5. The van der Waals surface area contributed by atoms with Crippen molar-refractivity contribution in [3.8, 4) is 0 Å². The van der Waals surface area contributed by atoms with Gasteiger partial charge in [-0.15, -0.1) is 0 Å². The second-order valence-electron chi connectivity index (χ2n) is 22.3. The molecule has 83 heavy (non-hydrogen) atoms. The molecule has 1 heterocycles. The molecule has 6 N–H and O–H groups in total. The van der Waals surface area contributed by atoms with Crippen molar-refractivity contribution in [1.29, 1.82) is 0 Å². The van der Waals surface area contributed by atoms with Gasteiger partial charge in [0.05, 0.1) is 25.4 Å². The van der Waals surface area contributed by atoms with Crippen LogP contribution >= 0.6 is 0 Å². The minimum atomic E-state index is -1.64. The summed E-state index contributed by atoms with van der Waals surface area (Å²) in [7, 11) is 0. The lowest BCUT2D eigenvalue weighted by molar-refractivity contribution is -0.305. The molecule has 1 aliphatic rings. The van der Waals surface area contributed by atoms with E-state index in [-0.39, 0.29) is 19.4 Å². The van der Waals surface area contributed by atoms with Crippen LogP contribution in [0.5, 0.6) is 0 Å². The minimum absolute atomic E-state index is 0.0647. The number of hydrogen-bond donors (Lipinski definition) is 6. The van der Waals surface area contributed by atoms with Crippen LogP contribution in [0, 0.1) is 0 Å². The molecule has 8 unspecified atom stereocenters. The van der Waals surface area contributed by atoms with Crippen LogP contribution in [0.15, 0.2) is 134 Å². The monoisotopic (exact) mass is 1160 g/mol. The molecule has 11 nitrogen and oxygen atoms in total. The highest BCUT2D eigenvalue weighted by atomic mass is 16.7. The summed E-state index contributed by atoms with van der Waals surface area (Å²) in [5, 5.41) is 57.0. The first-order valence-electron chi connectivity index (χ1n) is 33.0. The van der Waals surface area contributed by atoms with E-state index in [2.05, 4.69) is 86.8 Å². The first kappa shape index (κ1) is 76.8. The van der Waals surface area contributed by atoms with Crippen LogP contribution in [0.1, 0.15) is 245 Å². The maximum absolute atomic E-state index is 13.5. The second-order valence-corrected chi connectivity index (χ2v) is 22.3. The van der Waals surface area contributed by atoms with E-state index in [4.69, 9.17) is 14.2 Å². The topological polar surface area (TPSA) is 175 Å². The van der Waals surface area contributed by atoms with Crippen molar-refractivity contribution in [3.05, 3.63) is 134 Å². The molecule has 0 aromatic rings. The van der Waals surface area contributed by atoms with E-state index in [1.165, 1.54) is 103 Å². The molecule has 1 aliphatic heterocycles. The van der Waals surface area contributed by atoms with Gasteiger partial charge in [-0.2, -0.15) is 0 Å². The van der Waals surface area contributed by atoms with Crippen molar-refractivity contribution in [3.63, 3.8) is 0 Å². The zero-order valence-electron chi connectivity index (χ0n) is 52.3. The number of nitrogens with one attached hydrogen (secondary N) is 1. The summed E-state index contributed by atoms with van der Waals surface area (Å²) >= 11 is 0. The van der Waals surface area contributed by atoms with Gasteiger partial charge in [-0.25, -0.2) is 0 Å². The van der Waals surface area contributed by atoms with Crippen LogP contribution < -0.4 is 5.32 Å². The Kier molecular flexibility index (Phi) is 53.9. The molecular formula is C72H119NO10. The van der Waals surface area contributed by atoms with Crippen molar-refractivity contribution < 1.29 is 49.3 Å². The van der Waals surface area contributed by atoms with Crippen molar-refractivity contribution >= 4 is 11.9 Å². The van der Waals surface area contributed by atoms with E-state index in [1.807, 2.05) is 66.8 Å². The van der Waals surface area contributed by atoms with Crippen molar-refractivity contribution in [1.82, 2.24) is 5.32 Å². The Morgan fingerprint density at radius 3 is 1.43 bits per heavy atom. The average Bonchev–Trinajstić information content (AvgIpc) is 3.69. The summed E-state index contributed by atoms with van der Waals surface area (Å²) in [6.45, 7) is 5.57. The molecule has 0 saturated carbocycles. The Morgan fingerprint density at radius 1 is 0.494 bits per heavy atom. The maximum Gasteiger partial charge on any atom is 0.306 e. The van der Waals surface area contributed by atoms with Crippen molar-refractivity contribution in [2.24, 2.45) is 0 Å². The van der Waals surface area contributed by atoms with Gasteiger partial charge in [0, 0.05) is 6.42 Å². The van der Waals surface area contributed by atoms with E-state index < -0.39 is 67.4 Å². The van der Waals surface area contributed by atoms with Crippen LogP contribution in [0.3, 0.4) is 0 Å². The Bertz CT molecular complexity index is 1860. The van der Waals surface area contributed by atoms with Gasteiger partial charge in [0.15, 0.2) is 12.4 Å². The molecule has 1 fully saturated rings. The highest BCUT2D eigenvalue weighted by Crippen LogP contribution is 2.26. The third-order valence-corrected chi connectivity index (χ3v) is 14.7. The molecule has 1 rings (SSSR count). The molecule has 472 valence electrons. The molecule has 1 saturated heterocycles. The molecular weight excluding hydrogens is 1040 g/mol. The van der Waals surface area contributed by atoms with Gasteiger partial charge in [-0.1, -0.05) is 283 Å². The van der Waals surface area contributed by atoms with Gasteiger partial charge in [0.1, 0.15) is 24.4 Å². The minimum Gasteiger partial charge on any atom is -0.454 e. The third-order valence-electron chi connectivity index (χ3n) is 14.7. The SMILES string of the molecule is CC\C=C/C=C/C=C/C=C\C=C\C=C\CCCCCC(=O)OC1C(OCC(NC(=O)C(O)CCCCCCCCCCCC/C=C\C/C=C\C/C=C\C/C=C\CCCCC)C(O)/C=C/CCCCCCCCCCC)OC(CO)C(O)C1O. The number of carbonyl (C=O) groups excluding carboxylic acids is 2. The first-order chi connectivity index (χ1) is 40.7. The lowest BCUT2D eigenvalue weighted by Crippen LogP contribution is -2.61. The highest BCUT2D eigenvalue weighted by molar-refractivity contribution is 5.80. The molecule has 0 aliphatic carbocycles. The van der Waals surface area contributed by atoms with E-state index in [0.29, 0.717) is 12.8 Å². The number of esters is 1. The van der Waals surface area contributed by atoms with Gasteiger partial charge < -0.3 is 45.1 Å². The summed E-state index contributed by atoms with van der Waals surface area (Å²) in [6.07, 6.45) is 72.0. The Balaban J connectivity index is 2.62. The lowest BCUT2D eigenvalue weighted by Gasteiger charge is -2.41. The fourth-order valence-electron chi connectivity index (χ4n) is 9.49. The number of unbranched alkanes of at least 4 members (excludes halogenated alkanes) is 25. The normalized spacial score (nSPS) is 19.4. The molecule has 0 spiro atoms. The smallest absolute Gasteiger partial charge is 0.306 e. The zero-order chi connectivity index (χ0) is 60.3. The number of ether oxygens (including phenoxy) is 3. The van der Waals surface area contributed by atoms with Crippen LogP contribution in [0.2, 0.25) is 0 Å². The van der Waals surface area contributed by atoms with Crippen LogP contribution in [-0.2, 0) is 23.8 Å². The molecule has 8 atom stereocenters. The molecule has 0 bridgehead atoms. The molecule has 0 aromatic heterocycles. The number of allylic oxidation sites excluding steroid dienone is 21. The van der Waals surface area contributed by atoms with Crippen molar-refractivity contribution in [2.45, 2.75) is 294 Å². The van der Waals surface area contributed by atoms with E-state index >= 15 is 0 Å². The second kappa shape index (κ2) is 58.2. The Labute approximate surface area is 505 Å². The maximum atomic E-state index is 13.5. The Hall–Kier alpha value is -4.20. The van der Waals surface area contributed by atoms with Gasteiger partial charge >= 0.3 is 5.97 Å². The summed E-state index contributed by atoms with van der Waals surface area (Å²) in [5.41, 5.74) is 0. The largest absolute Gasteiger partial charge is 0.454 e. The van der Waals surface area contributed by atoms with E-state index in [0.717, 1.165) is 96.3 Å². The number of rotatable bonds is 54. The number of carbonyl (C=O) groups is 2. The van der Waals surface area contributed by atoms with Gasteiger partial charge in [-0.05, 0) is 89.9 Å². The van der Waals surface area contributed by atoms with Gasteiger partial charge in [-0.3, -0.25) is 9.59 Å². The fourth-order valence-corrected chi connectivity index (χ4v) is 9.49. The zero-order valence-corrected chi connectivity index (χ0v) is 52.3. The molecule has 0 radical (unpaired) electrons. The number of amides is 1. The third kappa shape index (κ3) is 45.8. The lowest BCUT2D eigenvalue weighted by atomic mass is 9.99. The first-order valence-corrected chi connectivity index (χ1v) is 33.0. The fraction of sp³-hybridized carbons (Fsp3) is 0.667. The number of aliphatic hydroxyl groups is 5. The van der Waals surface area contributed by atoms with Crippen molar-refractivity contribution in [2.75, 3.05) is 13.2 Å². The van der Waals surface area contributed by atoms with Crippen LogP contribution in [0.25, 0.3) is 0 Å². The van der Waals surface area contributed by atoms with Crippen LogP contribution in [-0.4, -0.2) is 99.6 Å². The molecule has 1 amide bonds. The van der Waals surface area contributed by atoms with Gasteiger partial charge in [0.2, 0.25) is 5.91 Å². The average molecular weight is 1160 g/mol. The van der Waals surface area contributed by atoms with Crippen LogP contribution in [0.4, 0.5) is 0 Å². The molecule has 11 heteroatoms. The molecule has 0 aromatic carbocycles. The van der Waals surface area contributed by atoms with Gasteiger partial charge in [0.25, 0.3) is 0 Å². The summed E-state index contributed by atoms with van der Waals surface area (Å²) in [6, 6.07) is -1.05. The summed E-state index contributed by atoms with van der Waals surface area (Å²) in [4.78, 5) is 26.6. The van der Waals surface area contributed by atoms with E-state index in [1.54, 1.807) is 6.08 Å². The number of hydrogen-bond acceptors (Lipinski definition) is 10. The predicted molar refractivity (Wildman–Crippen MR) is 347 cm³/mol. The summed E-state index contributed by atoms with van der Waals surface area (Å²) < 4.78 is 17.6. The highest BCUT2D eigenvalue weighted by Gasteiger charge is 2.47. The Morgan fingerprint density at radius 2 is 0.916 bits per heavy atom. The summed E-state index contributed by atoms with van der Waals surface area (Å²) in [5.74, 6) is -1.25.